The van der Waals surface area contributed by atoms with Crippen LogP contribution in [0.25, 0.3) is 33.3 Å². The minimum absolute atomic E-state index is 0.0296. The highest BCUT2D eigenvalue weighted by molar-refractivity contribution is 7.10. The molecule has 3 unspecified atom stereocenters. The van der Waals surface area contributed by atoms with E-state index in [4.69, 9.17) is 14.2 Å². The molecule has 0 bridgehead atoms. The molecule has 1 aliphatic heterocycles. The third-order valence-corrected chi connectivity index (χ3v) is 8.52. The molecular formula is C37H31N2O2P. The zero-order valence-electron chi connectivity index (χ0n) is 23.3. The third kappa shape index (κ3) is 4.68. The summed E-state index contributed by atoms with van der Waals surface area (Å²) in [5, 5.41) is 5.04. The minimum Gasteiger partial charge on any atom is -0.496 e. The van der Waals surface area contributed by atoms with E-state index in [9.17, 15) is 0 Å². The van der Waals surface area contributed by atoms with Crippen LogP contribution in [0.15, 0.2) is 127 Å². The van der Waals surface area contributed by atoms with Gasteiger partial charge in [0.25, 0.3) is 0 Å². The van der Waals surface area contributed by atoms with E-state index in [2.05, 4.69) is 112 Å². The number of nitrogens with zero attached hydrogens (tertiary/aromatic N) is 1. The first-order valence-corrected chi connectivity index (χ1v) is 14.7. The first-order chi connectivity index (χ1) is 20.7. The first kappa shape index (κ1) is 26.3. The second kappa shape index (κ2) is 11.3. The number of rotatable bonds is 6. The molecule has 0 saturated heterocycles. The molecule has 206 valence electrons. The van der Waals surface area contributed by atoms with Gasteiger partial charge in [0, 0.05) is 22.4 Å². The van der Waals surface area contributed by atoms with Crippen LogP contribution in [0, 0.1) is 0 Å². The molecule has 5 heteroatoms. The molecule has 1 N–H and O–H groups in total. The average molecular weight is 567 g/mol. The Hall–Kier alpha value is -4.66. The smallest absolute Gasteiger partial charge is 0.128 e. The number of pyridine rings is 1. The Kier molecular flexibility index (Phi) is 7.07. The Balaban J connectivity index is 1.52. The fourth-order valence-corrected chi connectivity index (χ4v) is 6.49. The van der Waals surface area contributed by atoms with Gasteiger partial charge in [0.1, 0.15) is 11.5 Å². The van der Waals surface area contributed by atoms with Crippen LogP contribution >= 0.6 is 9.47 Å². The van der Waals surface area contributed by atoms with Gasteiger partial charge in [-0.3, -0.25) is 0 Å². The standard InChI is InChI=1S/C37H31N2O2P/c1-40-34-18-10-8-16-28(34)32-22-30(24-12-4-2-5-13-24)26-20-21-27-31(25-14-6-3-7-15-25)23-33(39-37(27)36(26)38-32)29-17-9-11-19-35(29)41-42/h2-22,31,33,39H,23,42H2,1H3. The SMILES string of the molecule is COc1ccccc1-c1cc(-c2ccccc2)c2ccc3c(c2n1)NC(c1ccccc1OP)CC3c1ccccc1. The lowest BCUT2D eigenvalue weighted by atomic mass is 9.79. The van der Waals surface area contributed by atoms with Crippen LogP contribution in [0.3, 0.4) is 0 Å². The van der Waals surface area contributed by atoms with Crippen molar-refractivity contribution in [3.8, 4) is 33.9 Å². The number of nitrogens with one attached hydrogen (secondary N) is 1. The fraction of sp³-hybridized carbons (Fsp3) is 0.108. The number of fused-ring (bicyclic) bond motifs is 3. The van der Waals surface area contributed by atoms with E-state index in [1.54, 1.807) is 7.11 Å². The van der Waals surface area contributed by atoms with Crippen LogP contribution < -0.4 is 14.6 Å². The number of aromatic nitrogens is 1. The van der Waals surface area contributed by atoms with Gasteiger partial charge < -0.3 is 14.6 Å². The Morgan fingerprint density at radius 3 is 2.17 bits per heavy atom. The molecule has 4 nitrogen and oxygen atoms in total. The summed E-state index contributed by atoms with van der Waals surface area (Å²) in [6, 6.07) is 44.4. The summed E-state index contributed by atoms with van der Waals surface area (Å²) in [7, 11) is 4.12. The molecule has 6 aromatic rings. The van der Waals surface area contributed by atoms with E-state index < -0.39 is 0 Å². The largest absolute Gasteiger partial charge is 0.496 e. The van der Waals surface area contributed by atoms with E-state index in [1.165, 1.54) is 11.1 Å². The highest BCUT2D eigenvalue weighted by atomic mass is 31.0. The normalized spacial score (nSPS) is 16.0. The van der Waals surface area contributed by atoms with Gasteiger partial charge in [-0.25, -0.2) is 4.98 Å². The van der Waals surface area contributed by atoms with Crippen molar-refractivity contribution in [3.63, 3.8) is 0 Å². The summed E-state index contributed by atoms with van der Waals surface area (Å²) in [4.78, 5) is 5.37. The van der Waals surface area contributed by atoms with Crippen molar-refractivity contribution in [2.24, 2.45) is 0 Å². The molecule has 0 fully saturated rings. The van der Waals surface area contributed by atoms with Gasteiger partial charge in [-0.15, -0.1) is 0 Å². The predicted octanol–water partition coefficient (Wildman–Crippen LogP) is 9.44. The molecule has 1 aromatic heterocycles. The lowest BCUT2D eigenvalue weighted by Crippen LogP contribution is -2.23. The molecule has 1 aliphatic rings. The summed E-state index contributed by atoms with van der Waals surface area (Å²) in [6.07, 6.45) is 0.894. The maximum absolute atomic E-state index is 5.77. The van der Waals surface area contributed by atoms with Crippen molar-refractivity contribution < 1.29 is 9.26 Å². The van der Waals surface area contributed by atoms with E-state index in [-0.39, 0.29) is 12.0 Å². The Morgan fingerprint density at radius 2 is 1.40 bits per heavy atom. The summed E-state index contributed by atoms with van der Waals surface area (Å²) < 4.78 is 11.5. The average Bonchev–Trinajstić information content (AvgIpc) is 3.07. The highest BCUT2D eigenvalue weighted by Crippen LogP contribution is 2.49. The van der Waals surface area contributed by atoms with Gasteiger partial charge in [0.15, 0.2) is 0 Å². The molecule has 0 radical (unpaired) electrons. The molecule has 5 aromatic carbocycles. The number of ether oxygens (including phenoxy) is 1. The van der Waals surface area contributed by atoms with Crippen molar-refractivity contribution in [3.05, 3.63) is 144 Å². The lowest BCUT2D eigenvalue weighted by Gasteiger charge is -2.35. The summed E-state index contributed by atoms with van der Waals surface area (Å²) in [5.41, 5.74) is 9.80. The van der Waals surface area contributed by atoms with Crippen molar-refractivity contribution in [2.75, 3.05) is 12.4 Å². The van der Waals surface area contributed by atoms with Gasteiger partial charge in [-0.1, -0.05) is 103 Å². The topological polar surface area (TPSA) is 43.4 Å². The van der Waals surface area contributed by atoms with Crippen LogP contribution in [-0.2, 0) is 0 Å². The number of benzene rings is 5. The molecule has 42 heavy (non-hydrogen) atoms. The Bertz CT molecular complexity index is 1870. The molecule has 0 amide bonds. The molecule has 3 atom stereocenters. The van der Waals surface area contributed by atoms with E-state index >= 15 is 0 Å². The molecule has 0 spiro atoms. The van der Waals surface area contributed by atoms with Crippen LogP contribution in [0.5, 0.6) is 11.5 Å². The Morgan fingerprint density at radius 1 is 0.714 bits per heavy atom. The van der Waals surface area contributed by atoms with Crippen molar-refractivity contribution >= 4 is 26.1 Å². The molecule has 0 aliphatic carbocycles. The summed E-state index contributed by atoms with van der Waals surface area (Å²) in [6.45, 7) is 0. The van der Waals surface area contributed by atoms with E-state index in [1.807, 2.05) is 30.3 Å². The second-order valence-electron chi connectivity index (χ2n) is 10.6. The third-order valence-electron chi connectivity index (χ3n) is 8.27. The van der Waals surface area contributed by atoms with Crippen molar-refractivity contribution in [2.45, 2.75) is 18.4 Å². The van der Waals surface area contributed by atoms with Crippen LogP contribution in [-0.4, -0.2) is 12.1 Å². The zero-order chi connectivity index (χ0) is 28.5. The van der Waals surface area contributed by atoms with Gasteiger partial charge in [-0.2, -0.15) is 0 Å². The van der Waals surface area contributed by atoms with Crippen LogP contribution in [0.1, 0.15) is 35.1 Å². The number of para-hydroxylation sites is 2. The molecular weight excluding hydrogens is 535 g/mol. The van der Waals surface area contributed by atoms with Gasteiger partial charge in [-0.05, 0) is 52.9 Å². The summed E-state index contributed by atoms with van der Waals surface area (Å²) >= 11 is 0. The maximum Gasteiger partial charge on any atom is 0.128 e. The number of hydrogen-bond donors (Lipinski definition) is 1. The Labute approximate surface area is 248 Å². The monoisotopic (exact) mass is 566 g/mol. The summed E-state index contributed by atoms with van der Waals surface area (Å²) in [5.74, 6) is 1.84. The minimum atomic E-state index is 0.0296. The number of anilines is 1. The van der Waals surface area contributed by atoms with E-state index in [0.717, 1.165) is 62.5 Å². The fourth-order valence-electron chi connectivity index (χ4n) is 6.28. The zero-order valence-corrected chi connectivity index (χ0v) is 24.5. The number of hydrogen-bond acceptors (Lipinski definition) is 4. The van der Waals surface area contributed by atoms with Crippen LogP contribution in [0.2, 0.25) is 0 Å². The highest BCUT2D eigenvalue weighted by Gasteiger charge is 2.32. The van der Waals surface area contributed by atoms with Crippen molar-refractivity contribution in [1.82, 2.24) is 4.98 Å². The number of methoxy groups -OCH3 is 1. The first-order valence-electron chi connectivity index (χ1n) is 14.2. The molecule has 0 saturated carbocycles. The van der Waals surface area contributed by atoms with Gasteiger partial charge >= 0.3 is 0 Å². The maximum atomic E-state index is 5.77. The quantitative estimate of drug-likeness (QED) is 0.204. The molecule has 2 heterocycles. The van der Waals surface area contributed by atoms with E-state index in [0.29, 0.717) is 0 Å². The molecule has 7 rings (SSSR count). The van der Waals surface area contributed by atoms with Gasteiger partial charge in [0.05, 0.1) is 39.5 Å². The van der Waals surface area contributed by atoms with Gasteiger partial charge in [0.2, 0.25) is 0 Å². The van der Waals surface area contributed by atoms with Crippen molar-refractivity contribution in [1.29, 1.82) is 0 Å². The second-order valence-corrected chi connectivity index (χ2v) is 10.8. The lowest BCUT2D eigenvalue weighted by molar-refractivity contribution is 0.416. The predicted molar refractivity (Wildman–Crippen MR) is 175 cm³/mol. The van der Waals surface area contributed by atoms with Crippen LogP contribution in [0.4, 0.5) is 5.69 Å².